The first-order valence-corrected chi connectivity index (χ1v) is 9.75. The molecule has 0 fully saturated rings. The lowest BCUT2D eigenvalue weighted by Gasteiger charge is -2.08. The SMILES string of the molecule is CCCCCCCCCCCCOC(=O)c1ccc(C(=O)O)cc1C(=O)O. The van der Waals surface area contributed by atoms with Crippen LogP contribution in [0.1, 0.15) is 102 Å². The van der Waals surface area contributed by atoms with Crippen molar-refractivity contribution in [3.63, 3.8) is 0 Å². The minimum absolute atomic E-state index is 0.125. The third-order valence-corrected chi connectivity index (χ3v) is 4.45. The van der Waals surface area contributed by atoms with E-state index < -0.39 is 17.9 Å². The average molecular weight is 378 g/mol. The summed E-state index contributed by atoms with van der Waals surface area (Å²) < 4.78 is 5.14. The summed E-state index contributed by atoms with van der Waals surface area (Å²) in [6, 6.07) is 3.36. The Morgan fingerprint density at radius 1 is 0.778 bits per heavy atom. The second-order valence-corrected chi connectivity index (χ2v) is 6.69. The van der Waals surface area contributed by atoms with Crippen molar-refractivity contribution >= 4 is 17.9 Å². The molecule has 1 rings (SSSR count). The molecule has 0 saturated carbocycles. The molecule has 27 heavy (non-hydrogen) atoms. The molecule has 1 aromatic rings. The third kappa shape index (κ3) is 8.71. The zero-order valence-corrected chi connectivity index (χ0v) is 16.0. The lowest BCUT2D eigenvalue weighted by molar-refractivity contribution is 0.0486. The Balaban J connectivity index is 2.29. The minimum atomic E-state index is -1.36. The zero-order chi connectivity index (χ0) is 20.1. The largest absolute Gasteiger partial charge is 0.478 e. The fraction of sp³-hybridized carbons (Fsp3) is 0.571. The van der Waals surface area contributed by atoms with Crippen LogP contribution in [-0.2, 0) is 4.74 Å². The highest BCUT2D eigenvalue weighted by molar-refractivity contribution is 6.04. The quantitative estimate of drug-likeness (QED) is 0.342. The van der Waals surface area contributed by atoms with Crippen LogP contribution in [0.25, 0.3) is 0 Å². The molecule has 0 atom stereocenters. The number of esters is 1. The Morgan fingerprint density at radius 3 is 1.85 bits per heavy atom. The number of carbonyl (C=O) groups is 3. The maximum absolute atomic E-state index is 12.1. The van der Waals surface area contributed by atoms with Crippen molar-refractivity contribution in [3.8, 4) is 0 Å². The number of ether oxygens (including phenoxy) is 1. The number of carboxylic acid groups (broad SMARTS) is 2. The number of hydrogen-bond donors (Lipinski definition) is 2. The summed E-state index contributed by atoms with van der Waals surface area (Å²) >= 11 is 0. The van der Waals surface area contributed by atoms with E-state index in [9.17, 15) is 19.5 Å². The first kappa shape index (κ1) is 22.7. The number of hydrogen-bond acceptors (Lipinski definition) is 4. The molecule has 0 amide bonds. The predicted octanol–water partition coefficient (Wildman–Crippen LogP) is 5.16. The molecule has 0 aliphatic carbocycles. The number of unbranched alkanes of at least 4 members (excludes halogenated alkanes) is 9. The van der Waals surface area contributed by atoms with E-state index in [2.05, 4.69) is 6.92 Å². The van der Waals surface area contributed by atoms with Gasteiger partial charge in [-0.15, -0.1) is 0 Å². The summed E-state index contributed by atoms with van der Waals surface area (Å²) in [7, 11) is 0. The van der Waals surface area contributed by atoms with Gasteiger partial charge in [0.2, 0.25) is 0 Å². The number of carbonyl (C=O) groups excluding carboxylic acids is 1. The summed E-state index contributed by atoms with van der Waals surface area (Å²) in [5, 5.41) is 18.1. The number of benzene rings is 1. The van der Waals surface area contributed by atoms with Crippen molar-refractivity contribution in [2.24, 2.45) is 0 Å². The molecule has 150 valence electrons. The van der Waals surface area contributed by atoms with Crippen LogP contribution in [0.5, 0.6) is 0 Å². The van der Waals surface area contributed by atoms with Gasteiger partial charge >= 0.3 is 17.9 Å². The van der Waals surface area contributed by atoms with Crippen LogP contribution in [0.15, 0.2) is 18.2 Å². The monoisotopic (exact) mass is 378 g/mol. The third-order valence-electron chi connectivity index (χ3n) is 4.45. The van der Waals surface area contributed by atoms with Crippen molar-refractivity contribution in [1.82, 2.24) is 0 Å². The topological polar surface area (TPSA) is 101 Å². The van der Waals surface area contributed by atoms with Gasteiger partial charge in [0.1, 0.15) is 0 Å². The maximum Gasteiger partial charge on any atom is 0.339 e. The van der Waals surface area contributed by atoms with E-state index in [0.29, 0.717) is 0 Å². The Bertz CT molecular complexity index is 623. The van der Waals surface area contributed by atoms with Gasteiger partial charge in [-0.05, 0) is 24.6 Å². The maximum atomic E-state index is 12.1. The van der Waals surface area contributed by atoms with Crippen molar-refractivity contribution in [3.05, 3.63) is 34.9 Å². The lowest BCUT2D eigenvalue weighted by Crippen LogP contribution is -2.13. The molecular formula is C21H30O6. The number of rotatable bonds is 14. The highest BCUT2D eigenvalue weighted by Gasteiger charge is 2.19. The molecule has 0 aromatic heterocycles. The number of carboxylic acids is 2. The van der Waals surface area contributed by atoms with Gasteiger partial charge in [0, 0.05) is 0 Å². The zero-order valence-electron chi connectivity index (χ0n) is 16.0. The summed E-state index contributed by atoms with van der Waals surface area (Å²) in [5.74, 6) is -3.34. The van der Waals surface area contributed by atoms with Crippen molar-refractivity contribution < 1.29 is 29.3 Å². The van der Waals surface area contributed by atoms with Gasteiger partial charge in [-0.3, -0.25) is 0 Å². The molecular weight excluding hydrogens is 348 g/mol. The standard InChI is InChI=1S/C21H30O6/c1-2-3-4-5-6-7-8-9-10-11-14-27-21(26)17-13-12-16(19(22)23)15-18(17)20(24)25/h12-13,15H,2-11,14H2,1H3,(H,22,23)(H,24,25). The van der Waals surface area contributed by atoms with Crippen LogP contribution in [0.2, 0.25) is 0 Å². The van der Waals surface area contributed by atoms with Crippen molar-refractivity contribution in [1.29, 1.82) is 0 Å². The predicted molar refractivity (Wildman–Crippen MR) is 102 cm³/mol. The molecule has 0 spiro atoms. The molecule has 0 heterocycles. The average Bonchev–Trinajstić information content (AvgIpc) is 2.65. The molecule has 1 aromatic carbocycles. The Morgan fingerprint density at radius 2 is 1.33 bits per heavy atom. The van der Waals surface area contributed by atoms with Crippen LogP contribution >= 0.6 is 0 Å². The molecule has 0 bridgehead atoms. The second-order valence-electron chi connectivity index (χ2n) is 6.69. The summed E-state index contributed by atoms with van der Waals surface area (Å²) in [5.41, 5.74) is -0.666. The van der Waals surface area contributed by atoms with Gasteiger partial charge < -0.3 is 14.9 Å². The van der Waals surface area contributed by atoms with Gasteiger partial charge in [0.05, 0.1) is 23.3 Å². The van der Waals surface area contributed by atoms with E-state index in [0.717, 1.165) is 25.3 Å². The van der Waals surface area contributed by atoms with Crippen LogP contribution in [-0.4, -0.2) is 34.7 Å². The van der Waals surface area contributed by atoms with Crippen molar-refractivity contribution in [2.45, 2.75) is 71.1 Å². The minimum Gasteiger partial charge on any atom is -0.478 e. The van der Waals surface area contributed by atoms with Crippen LogP contribution in [0, 0.1) is 0 Å². The van der Waals surface area contributed by atoms with Gasteiger partial charge in [-0.2, -0.15) is 0 Å². The van der Waals surface area contributed by atoms with Gasteiger partial charge in [-0.1, -0.05) is 64.7 Å². The van der Waals surface area contributed by atoms with E-state index in [1.54, 1.807) is 0 Å². The van der Waals surface area contributed by atoms with Crippen LogP contribution < -0.4 is 0 Å². The summed E-state index contributed by atoms with van der Waals surface area (Å²) in [4.78, 5) is 34.3. The molecule has 2 N–H and O–H groups in total. The second kappa shape index (κ2) is 12.9. The molecule has 0 aliphatic heterocycles. The molecule has 0 saturated heterocycles. The van der Waals surface area contributed by atoms with Gasteiger partial charge in [-0.25, -0.2) is 14.4 Å². The van der Waals surface area contributed by atoms with Crippen LogP contribution in [0.3, 0.4) is 0 Å². The summed E-state index contributed by atoms with van der Waals surface area (Å²) in [6.45, 7) is 2.44. The fourth-order valence-electron chi connectivity index (χ4n) is 2.86. The molecule has 0 unspecified atom stereocenters. The molecule has 6 nitrogen and oxygen atoms in total. The highest BCUT2D eigenvalue weighted by Crippen LogP contribution is 2.15. The van der Waals surface area contributed by atoms with Crippen LogP contribution in [0.4, 0.5) is 0 Å². The smallest absolute Gasteiger partial charge is 0.339 e. The Kier molecular flexibility index (Phi) is 10.8. The molecule has 0 aliphatic rings. The van der Waals surface area contributed by atoms with E-state index in [-0.39, 0.29) is 23.3 Å². The Labute approximate surface area is 160 Å². The lowest BCUT2D eigenvalue weighted by atomic mass is 10.0. The highest BCUT2D eigenvalue weighted by atomic mass is 16.5. The molecule has 0 radical (unpaired) electrons. The fourth-order valence-corrected chi connectivity index (χ4v) is 2.86. The van der Waals surface area contributed by atoms with E-state index in [1.807, 2.05) is 0 Å². The van der Waals surface area contributed by atoms with Gasteiger partial charge in [0.15, 0.2) is 0 Å². The Hall–Kier alpha value is -2.37. The van der Waals surface area contributed by atoms with E-state index in [1.165, 1.54) is 57.1 Å². The van der Waals surface area contributed by atoms with E-state index >= 15 is 0 Å². The van der Waals surface area contributed by atoms with E-state index in [4.69, 9.17) is 9.84 Å². The van der Waals surface area contributed by atoms with Crippen molar-refractivity contribution in [2.75, 3.05) is 6.61 Å². The normalized spacial score (nSPS) is 10.6. The van der Waals surface area contributed by atoms with Gasteiger partial charge in [0.25, 0.3) is 0 Å². The summed E-state index contributed by atoms with van der Waals surface area (Å²) in [6.07, 6.45) is 11.7. The first-order chi connectivity index (χ1) is 13.0. The molecule has 6 heteroatoms. The first-order valence-electron chi connectivity index (χ1n) is 9.75. The number of aromatic carboxylic acids is 2.